The highest BCUT2D eigenvalue weighted by molar-refractivity contribution is 5.70. The van der Waals surface area contributed by atoms with Gasteiger partial charge in [0, 0.05) is 12.7 Å². The number of rotatable bonds is 7. The largest absolute Gasteiger partial charge is 0.388 e. The predicted octanol–water partition coefficient (Wildman–Crippen LogP) is 4.38. The molecule has 2 aromatic carbocycles. The molecule has 0 unspecified atom stereocenters. The molecule has 110 valence electrons. The van der Waals surface area contributed by atoms with E-state index in [-0.39, 0.29) is 6.61 Å². The summed E-state index contributed by atoms with van der Waals surface area (Å²) in [5.74, 6) is 0. The lowest BCUT2D eigenvalue weighted by atomic mass is 10.1. The maximum Gasteiger partial charge on any atom is 0.113 e. The second-order valence-corrected chi connectivity index (χ2v) is 4.69. The third-order valence-electron chi connectivity index (χ3n) is 3.14. The first-order valence-corrected chi connectivity index (χ1v) is 7.00. The van der Waals surface area contributed by atoms with Gasteiger partial charge in [-0.2, -0.15) is 0 Å². The maximum absolute atomic E-state index is 11.9. The first kappa shape index (κ1) is 15.3. The van der Waals surface area contributed by atoms with Crippen molar-refractivity contribution in [3.05, 3.63) is 65.2 Å². The molecule has 0 aromatic heterocycles. The molecule has 0 saturated carbocycles. The van der Waals surface area contributed by atoms with E-state index in [0.717, 1.165) is 22.4 Å². The molecule has 0 radical (unpaired) electrons. The zero-order valence-electron chi connectivity index (χ0n) is 12.2. The average molecular weight is 284 g/mol. The van der Waals surface area contributed by atoms with Crippen molar-refractivity contribution >= 4 is 17.8 Å². The van der Waals surface area contributed by atoms with Crippen LogP contribution < -0.4 is 5.32 Å². The minimum Gasteiger partial charge on any atom is -0.388 e. The van der Waals surface area contributed by atoms with Crippen molar-refractivity contribution in [3.63, 3.8) is 0 Å². The Kier molecular flexibility index (Phi) is 5.98. The van der Waals surface area contributed by atoms with Crippen LogP contribution in [0.5, 0.6) is 0 Å². The number of ether oxygens (including phenoxy) is 1. The van der Waals surface area contributed by atoms with Crippen LogP contribution >= 0.6 is 0 Å². The summed E-state index contributed by atoms with van der Waals surface area (Å²) in [5, 5.41) is 3.10. The molecule has 0 bridgehead atoms. The van der Waals surface area contributed by atoms with Crippen LogP contribution in [-0.2, 0) is 11.3 Å². The van der Waals surface area contributed by atoms with Gasteiger partial charge in [-0.3, -0.25) is 0 Å². The maximum atomic E-state index is 11.9. The number of hydrogen-bond acceptors (Lipinski definition) is 2. The topological polar surface area (TPSA) is 21.3 Å². The fraction of sp³-hybridized carbons (Fsp3) is 0.222. The number of halogens is 1. The summed E-state index contributed by atoms with van der Waals surface area (Å²) in [6.45, 7) is 0.177. The van der Waals surface area contributed by atoms with E-state index in [1.54, 1.807) is 0 Å². The van der Waals surface area contributed by atoms with Gasteiger partial charge < -0.3 is 10.1 Å². The van der Waals surface area contributed by atoms with Crippen molar-refractivity contribution in [2.75, 3.05) is 25.6 Å². The molecule has 3 heteroatoms. The Morgan fingerprint density at radius 2 is 1.52 bits per heavy atom. The first-order valence-electron chi connectivity index (χ1n) is 7.00. The smallest absolute Gasteiger partial charge is 0.113 e. The van der Waals surface area contributed by atoms with Crippen LogP contribution in [0.1, 0.15) is 16.7 Å². The van der Waals surface area contributed by atoms with Crippen LogP contribution in [0.25, 0.3) is 12.2 Å². The molecule has 0 amide bonds. The van der Waals surface area contributed by atoms with Gasteiger partial charge >= 0.3 is 0 Å². The lowest BCUT2D eigenvalue weighted by Crippen LogP contribution is -1.96. The van der Waals surface area contributed by atoms with Gasteiger partial charge in [0.1, 0.15) is 6.67 Å². The highest BCUT2D eigenvalue weighted by Gasteiger charge is 1.94. The van der Waals surface area contributed by atoms with Gasteiger partial charge in [0.05, 0.1) is 13.2 Å². The number of alkyl halides is 1. The van der Waals surface area contributed by atoms with Gasteiger partial charge in [-0.05, 0) is 28.8 Å². The molecular weight excluding hydrogens is 264 g/mol. The zero-order valence-corrected chi connectivity index (χ0v) is 12.2. The second kappa shape index (κ2) is 8.22. The summed E-state index contributed by atoms with van der Waals surface area (Å²) >= 11 is 0. The molecule has 1 N–H and O–H groups in total. The third-order valence-corrected chi connectivity index (χ3v) is 3.14. The molecule has 0 saturated heterocycles. The van der Waals surface area contributed by atoms with Crippen LogP contribution in [0.3, 0.4) is 0 Å². The van der Waals surface area contributed by atoms with Gasteiger partial charge in [0.2, 0.25) is 0 Å². The Morgan fingerprint density at radius 3 is 2.05 bits per heavy atom. The van der Waals surface area contributed by atoms with E-state index >= 15 is 0 Å². The van der Waals surface area contributed by atoms with Crippen molar-refractivity contribution in [1.29, 1.82) is 0 Å². The number of nitrogens with one attached hydrogen (secondary N) is 1. The number of benzene rings is 2. The van der Waals surface area contributed by atoms with Gasteiger partial charge in [0.25, 0.3) is 0 Å². The highest BCUT2D eigenvalue weighted by atomic mass is 18.2. The van der Waals surface area contributed by atoms with E-state index in [4.69, 9.17) is 4.74 Å². The Morgan fingerprint density at radius 1 is 0.952 bits per heavy atom. The fourth-order valence-electron chi connectivity index (χ4n) is 1.92. The Hall–Kier alpha value is -2.13. The van der Waals surface area contributed by atoms with Crippen LogP contribution in [0, 0.1) is 0 Å². The molecule has 2 rings (SSSR count). The summed E-state index contributed by atoms with van der Waals surface area (Å²) in [6.07, 6.45) is 4.15. The SMILES string of the molecule is CNc1ccc(/C=C/c2ccc(COCC[18F])cc2)cc1. The number of anilines is 1. The van der Waals surface area contributed by atoms with Gasteiger partial charge in [0.15, 0.2) is 0 Å². The molecule has 21 heavy (non-hydrogen) atoms. The van der Waals surface area contributed by atoms with Crippen molar-refractivity contribution in [3.8, 4) is 0 Å². The van der Waals surface area contributed by atoms with Crippen LogP contribution in [0.4, 0.5) is 10.1 Å². The first-order chi connectivity index (χ1) is 10.3. The molecule has 2 nitrogen and oxygen atoms in total. The Balaban J connectivity index is 1.93. The molecule has 0 aliphatic carbocycles. The molecule has 0 fully saturated rings. The molecule has 0 heterocycles. The lowest BCUT2D eigenvalue weighted by molar-refractivity contribution is 0.106. The molecular formula is C18H20FNO. The summed E-state index contributed by atoms with van der Waals surface area (Å²) in [7, 11) is 1.91. The van der Waals surface area contributed by atoms with Crippen molar-refractivity contribution < 1.29 is 9.13 Å². The van der Waals surface area contributed by atoms with Crippen molar-refractivity contribution in [2.24, 2.45) is 0 Å². The summed E-state index contributed by atoms with van der Waals surface area (Å²) in [6, 6.07) is 16.3. The third kappa shape index (κ3) is 5.04. The van der Waals surface area contributed by atoms with Crippen LogP contribution in [-0.4, -0.2) is 20.3 Å². The molecule has 0 spiro atoms. The van der Waals surface area contributed by atoms with E-state index in [1.165, 1.54) is 0 Å². The number of hydrogen-bond donors (Lipinski definition) is 1. The van der Waals surface area contributed by atoms with E-state index < -0.39 is 6.67 Å². The zero-order chi connectivity index (χ0) is 14.9. The normalized spacial score (nSPS) is 11.0. The summed E-state index contributed by atoms with van der Waals surface area (Å²) < 4.78 is 17.1. The van der Waals surface area contributed by atoms with Crippen LogP contribution in [0.15, 0.2) is 48.5 Å². The van der Waals surface area contributed by atoms with E-state index in [0.29, 0.717) is 6.61 Å². The van der Waals surface area contributed by atoms with Gasteiger partial charge in [-0.15, -0.1) is 0 Å². The Bertz CT molecular complexity index is 561. The Labute approximate surface area is 125 Å². The van der Waals surface area contributed by atoms with E-state index in [2.05, 4.69) is 29.6 Å². The fourth-order valence-corrected chi connectivity index (χ4v) is 1.92. The van der Waals surface area contributed by atoms with Crippen LogP contribution in [0.2, 0.25) is 0 Å². The molecule has 2 aromatic rings. The highest BCUT2D eigenvalue weighted by Crippen LogP contribution is 2.13. The minimum absolute atomic E-state index is 0.157. The van der Waals surface area contributed by atoms with Crippen molar-refractivity contribution in [1.82, 2.24) is 0 Å². The standard InChI is InChI=1S/C18H20FNO/c1-20-18-10-8-16(9-11-18)3-2-15-4-6-17(7-5-15)14-21-13-12-19/h2-11,20H,12-14H2,1H3/b3-2+/i19-1. The van der Waals surface area contributed by atoms with E-state index in [9.17, 15) is 4.39 Å². The summed E-state index contributed by atoms with van der Waals surface area (Å²) in [4.78, 5) is 0. The molecule has 0 atom stereocenters. The predicted molar refractivity (Wildman–Crippen MR) is 87.0 cm³/mol. The van der Waals surface area contributed by atoms with Crippen molar-refractivity contribution in [2.45, 2.75) is 6.61 Å². The minimum atomic E-state index is -0.437. The summed E-state index contributed by atoms with van der Waals surface area (Å²) in [5.41, 5.74) is 4.44. The average Bonchev–Trinajstić information content (AvgIpc) is 2.55. The van der Waals surface area contributed by atoms with Gasteiger partial charge in [-0.25, -0.2) is 4.39 Å². The second-order valence-electron chi connectivity index (χ2n) is 4.69. The van der Waals surface area contributed by atoms with Gasteiger partial charge in [-0.1, -0.05) is 48.6 Å². The molecule has 0 aliphatic heterocycles. The monoisotopic (exact) mass is 284 g/mol. The van der Waals surface area contributed by atoms with E-state index in [1.807, 2.05) is 43.4 Å². The molecule has 0 aliphatic rings. The lowest BCUT2D eigenvalue weighted by Gasteiger charge is -2.02. The quantitative estimate of drug-likeness (QED) is 0.601.